The van der Waals surface area contributed by atoms with E-state index in [9.17, 15) is 9.90 Å². The lowest BCUT2D eigenvalue weighted by Crippen LogP contribution is -2.06. The normalized spacial score (nSPS) is 12.7. The fourth-order valence-electron chi connectivity index (χ4n) is 2.58. The monoisotopic (exact) mass is 290 g/mol. The van der Waals surface area contributed by atoms with Crippen molar-refractivity contribution in [3.05, 3.63) is 29.6 Å². The Bertz CT molecular complexity index is 634. The van der Waals surface area contributed by atoms with E-state index in [0.717, 1.165) is 37.1 Å². The van der Waals surface area contributed by atoms with Crippen LogP contribution in [-0.2, 0) is 13.0 Å². The van der Waals surface area contributed by atoms with Crippen molar-refractivity contribution in [2.45, 2.75) is 39.7 Å². The molecule has 2 rings (SSSR count). The van der Waals surface area contributed by atoms with Crippen LogP contribution in [0.3, 0.4) is 0 Å². The maximum atomic E-state index is 11.3. The number of aryl methyl sites for hydroxylation is 2. The molecule has 5 nitrogen and oxygen atoms in total. The van der Waals surface area contributed by atoms with Gasteiger partial charge in [0.05, 0.1) is 11.1 Å². The summed E-state index contributed by atoms with van der Waals surface area (Å²) in [4.78, 5) is 15.8. The number of carboxylic acids is 1. The molecule has 0 aliphatic carbocycles. The van der Waals surface area contributed by atoms with Crippen LogP contribution in [0.25, 0.3) is 11.0 Å². The van der Waals surface area contributed by atoms with Crippen LogP contribution < -0.4 is 0 Å². The van der Waals surface area contributed by atoms with Crippen molar-refractivity contribution >= 4 is 17.0 Å². The van der Waals surface area contributed by atoms with Crippen molar-refractivity contribution in [2.24, 2.45) is 5.92 Å². The van der Waals surface area contributed by atoms with Crippen LogP contribution >= 0.6 is 0 Å². The van der Waals surface area contributed by atoms with Crippen LogP contribution in [0, 0.1) is 5.92 Å². The van der Waals surface area contributed by atoms with E-state index in [2.05, 4.69) is 9.55 Å². The first kappa shape index (κ1) is 15.5. The number of imidazole rings is 1. The summed E-state index contributed by atoms with van der Waals surface area (Å²) in [5, 5.41) is 18.3. The van der Waals surface area contributed by atoms with Gasteiger partial charge in [0.15, 0.2) is 0 Å². The Morgan fingerprint density at radius 3 is 2.81 bits per heavy atom. The van der Waals surface area contributed by atoms with Crippen LogP contribution in [0.15, 0.2) is 18.2 Å². The molecule has 1 aromatic carbocycles. The summed E-state index contributed by atoms with van der Waals surface area (Å²) in [5.41, 5.74) is 1.70. The Balaban J connectivity index is 2.33. The molecule has 1 unspecified atom stereocenters. The van der Waals surface area contributed by atoms with Gasteiger partial charge < -0.3 is 14.8 Å². The molecule has 0 aliphatic rings. The van der Waals surface area contributed by atoms with E-state index >= 15 is 0 Å². The van der Waals surface area contributed by atoms with Crippen molar-refractivity contribution in [1.82, 2.24) is 9.55 Å². The molecule has 0 spiro atoms. The minimum atomic E-state index is -0.943. The van der Waals surface area contributed by atoms with Gasteiger partial charge in [0.25, 0.3) is 0 Å². The number of aromatic carboxylic acids is 1. The Kier molecular flexibility index (Phi) is 4.96. The lowest BCUT2D eigenvalue weighted by molar-refractivity contribution is 0.0699. The van der Waals surface area contributed by atoms with E-state index in [0.29, 0.717) is 11.4 Å². The number of fused-ring (bicyclic) bond motifs is 1. The average Bonchev–Trinajstić information content (AvgIpc) is 2.84. The van der Waals surface area contributed by atoms with Gasteiger partial charge in [0.2, 0.25) is 0 Å². The number of aliphatic hydroxyl groups excluding tert-OH is 1. The zero-order chi connectivity index (χ0) is 15.4. The SMILES string of the molecule is CCc1nc2c(C(=O)O)cccc2n1CCCC(C)CO. The first-order valence-corrected chi connectivity index (χ1v) is 7.40. The molecule has 1 heterocycles. The highest BCUT2D eigenvalue weighted by molar-refractivity contribution is 6.01. The fraction of sp³-hybridized carbons (Fsp3) is 0.500. The van der Waals surface area contributed by atoms with Crippen molar-refractivity contribution in [2.75, 3.05) is 6.61 Å². The Morgan fingerprint density at radius 2 is 2.19 bits per heavy atom. The van der Waals surface area contributed by atoms with Crippen LogP contribution in [0.5, 0.6) is 0 Å². The Labute approximate surface area is 124 Å². The van der Waals surface area contributed by atoms with Crippen LogP contribution in [0.4, 0.5) is 0 Å². The third-order valence-electron chi connectivity index (χ3n) is 3.79. The van der Waals surface area contributed by atoms with Gasteiger partial charge in [-0.2, -0.15) is 0 Å². The van der Waals surface area contributed by atoms with Gasteiger partial charge >= 0.3 is 5.97 Å². The standard InChI is InChI=1S/C16H22N2O3/c1-3-14-17-15-12(16(20)21)7-4-8-13(15)18(14)9-5-6-11(2)10-19/h4,7-8,11,19H,3,5-6,9-10H2,1-2H3,(H,20,21). The lowest BCUT2D eigenvalue weighted by Gasteiger charge is -2.10. The first-order chi connectivity index (χ1) is 10.1. The van der Waals surface area contributed by atoms with Crippen molar-refractivity contribution in [3.63, 3.8) is 0 Å². The number of hydrogen-bond acceptors (Lipinski definition) is 3. The van der Waals surface area contributed by atoms with Crippen LogP contribution in [0.1, 0.15) is 42.9 Å². The quantitative estimate of drug-likeness (QED) is 0.822. The summed E-state index contributed by atoms with van der Waals surface area (Å²) in [6.45, 7) is 5.05. The maximum absolute atomic E-state index is 11.3. The van der Waals surface area contributed by atoms with Gasteiger partial charge in [-0.1, -0.05) is 19.9 Å². The molecule has 21 heavy (non-hydrogen) atoms. The molecular formula is C16H22N2O3. The van der Waals surface area contributed by atoms with Gasteiger partial charge in [-0.25, -0.2) is 9.78 Å². The molecule has 1 atom stereocenters. The summed E-state index contributed by atoms with van der Waals surface area (Å²) >= 11 is 0. The van der Waals surface area contributed by atoms with Gasteiger partial charge in [0.1, 0.15) is 11.3 Å². The smallest absolute Gasteiger partial charge is 0.337 e. The van der Waals surface area contributed by atoms with Gasteiger partial charge in [0, 0.05) is 19.6 Å². The summed E-state index contributed by atoms with van der Waals surface area (Å²) in [6, 6.07) is 5.28. The Hall–Kier alpha value is -1.88. The molecule has 0 amide bonds. The highest BCUT2D eigenvalue weighted by Crippen LogP contribution is 2.22. The zero-order valence-corrected chi connectivity index (χ0v) is 12.5. The molecule has 1 aromatic heterocycles. The van der Waals surface area contributed by atoms with Crippen molar-refractivity contribution in [1.29, 1.82) is 0 Å². The van der Waals surface area contributed by atoms with Gasteiger partial charge in [-0.3, -0.25) is 0 Å². The molecule has 0 bridgehead atoms. The number of aliphatic hydroxyl groups is 1. The molecule has 0 saturated heterocycles. The second-order valence-electron chi connectivity index (χ2n) is 5.44. The summed E-state index contributed by atoms with van der Waals surface area (Å²) in [7, 11) is 0. The molecule has 2 aromatic rings. The van der Waals surface area contributed by atoms with Crippen LogP contribution in [0.2, 0.25) is 0 Å². The zero-order valence-electron chi connectivity index (χ0n) is 12.5. The molecule has 5 heteroatoms. The topological polar surface area (TPSA) is 75.3 Å². The maximum Gasteiger partial charge on any atom is 0.337 e. The molecule has 114 valence electrons. The second-order valence-corrected chi connectivity index (χ2v) is 5.44. The average molecular weight is 290 g/mol. The summed E-state index contributed by atoms with van der Waals surface area (Å²) in [6.07, 6.45) is 2.65. The van der Waals surface area contributed by atoms with E-state index in [1.165, 1.54) is 0 Å². The molecule has 0 aliphatic heterocycles. The summed E-state index contributed by atoms with van der Waals surface area (Å²) < 4.78 is 2.10. The molecule has 2 N–H and O–H groups in total. The number of benzene rings is 1. The molecule has 0 radical (unpaired) electrons. The first-order valence-electron chi connectivity index (χ1n) is 7.40. The number of rotatable bonds is 7. The minimum absolute atomic E-state index is 0.203. The predicted octanol–water partition coefficient (Wildman–Crippen LogP) is 2.71. The number of nitrogens with zero attached hydrogens (tertiary/aromatic N) is 2. The van der Waals surface area contributed by atoms with E-state index in [4.69, 9.17) is 5.11 Å². The number of para-hydroxylation sites is 1. The number of carbonyl (C=O) groups is 1. The molecule has 0 fully saturated rings. The highest BCUT2D eigenvalue weighted by atomic mass is 16.4. The van der Waals surface area contributed by atoms with Gasteiger partial charge in [-0.15, -0.1) is 0 Å². The largest absolute Gasteiger partial charge is 0.478 e. The van der Waals surface area contributed by atoms with Crippen LogP contribution in [-0.4, -0.2) is 32.3 Å². The number of aromatic nitrogens is 2. The highest BCUT2D eigenvalue weighted by Gasteiger charge is 2.15. The predicted molar refractivity (Wildman–Crippen MR) is 81.6 cm³/mol. The summed E-state index contributed by atoms with van der Waals surface area (Å²) in [5.74, 6) is 0.261. The third-order valence-corrected chi connectivity index (χ3v) is 3.79. The number of carboxylic acid groups (broad SMARTS) is 1. The van der Waals surface area contributed by atoms with E-state index < -0.39 is 5.97 Å². The Morgan fingerprint density at radius 1 is 1.43 bits per heavy atom. The van der Waals surface area contributed by atoms with E-state index in [-0.39, 0.29) is 12.2 Å². The van der Waals surface area contributed by atoms with Gasteiger partial charge in [-0.05, 0) is 30.9 Å². The van der Waals surface area contributed by atoms with E-state index in [1.54, 1.807) is 12.1 Å². The number of hydrogen-bond donors (Lipinski definition) is 2. The third kappa shape index (κ3) is 3.24. The van der Waals surface area contributed by atoms with Crippen molar-refractivity contribution < 1.29 is 15.0 Å². The van der Waals surface area contributed by atoms with E-state index in [1.807, 2.05) is 19.9 Å². The molecule has 0 saturated carbocycles. The van der Waals surface area contributed by atoms with Crippen molar-refractivity contribution in [3.8, 4) is 0 Å². The second kappa shape index (κ2) is 6.72. The molecular weight excluding hydrogens is 268 g/mol. The fourth-order valence-corrected chi connectivity index (χ4v) is 2.58. The minimum Gasteiger partial charge on any atom is -0.478 e. The lowest BCUT2D eigenvalue weighted by atomic mass is 10.1.